The van der Waals surface area contributed by atoms with Gasteiger partial charge in [-0.1, -0.05) is 43.3 Å². The van der Waals surface area contributed by atoms with Crippen LogP contribution in [0.2, 0.25) is 0 Å². The summed E-state index contributed by atoms with van der Waals surface area (Å²) in [5, 5.41) is 0.559. The van der Waals surface area contributed by atoms with E-state index in [1.165, 1.54) is 0 Å². The number of aromatic nitrogens is 2. The third-order valence-corrected chi connectivity index (χ3v) is 6.49. The Balaban J connectivity index is 1.94. The van der Waals surface area contributed by atoms with Crippen LogP contribution in [0.4, 0.5) is 0 Å². The van der Waals surface area contributed by atoms with Crippen molar-refractivity contribution in [2.75, 3.05) is 6.54 Å². The van der Waals surface area contributed by atoms with Crippen LogP contribution in [0.25, 0.3) is 16.6 Å². The standard InChI is InChI=1S/C29H31N3O2/c1-6-17-31(28(33)24-12-8-7-11-20(24)3)22(5)27-30-26-14-10-9-13-25(26)29(34)32(27)23-16-15-19(2)21(4)18-23/h7-16,18,22H,6,17H2,1-5H3. The van der Waals surface area contributed by atoms with E-state index in [0.29, 0.717) is 28.8 Å². The smallest absolute Gasteiger partial charge is 0.266 e. The molecule has 34 heavy (non-hydrogen) atoms. The Morgan fingerprint density at radius 1 is 0.941 bits per heavy atom. The number of nitrogens with zero attached hydrogens (tertiary/aromatic N) is 3. The fraction of sp³-hybridized carbons (Fsp3) is 0.276. The fourth-order valence-electron chi connectivity index (χ4n) is 4.36. The van der Waals surface area contributed by atoms with Crippen LogP contribution in [0, 0.1) is 20.8 Å². The molecule has 174 valence electrons. The SMILES string of the molecule is CCCN(C(=O)c1ccccc1C)C(C)c1nc2ccccc2c(=O)n1-c1ccc(C)c(C)c1. The van der Waals surface area contributed by atoms with Crippen molar-refractivity contribution in [1.82, 2.24) is 14.5 Å². The number of rotatable bonds is 6. The number of carbonyl (C=O) groups is 1. The molecule has 0 N–H and O–H groups in total. The van der Waals surface area contributed by atoms with Crippen molar-refractivity contribution in [3.8, 4) is 5.69 Å². The van der Waals surface area contributed by atoms with E-state index < -0.39 is 6.04 Å². The van der Waals surface area contributed by atoms with Gasteiger partial charge in [0.1, 0.15) is 5.82 Å². The summed E-state index contributed by atoms with van der Waals surface area (Å²) < 4.78 is 1.67. The lowest BCUT2D eigenvalue weighted by molar-refractivity contribution is 0.0680. The molecule has 0 aliphatic heterocycles. The van der Waals surface area contributed by atoms with Crippen molar-refractivity contribution < 1.29 is 4.79 Å². The molecule has 5 nitrogen and oxygen atoms in total. The highest BCUT2D eigenvalue weighted by molar-refractivity contribution is 5.96. The number of fused-ring (bicyclic) bond motifs is 1. The summed E-state index contributed by atoms with van der Waals surface area (Å²) in [7, 11) is 0. The van der Waals surface area contributed by atoms with E-state index >= 15 is 0 Å². The van der Waals surface area contributed by atoms with E-state index in [2.05, 4.69) is 6.92 Å². The predicted octanol–water partition coefficient (Wildman–Crippen LogP) is 5.92. The predicted molar refractivity (Wildman–Crippen MR) is 138 cm³/mol. The minimum atomic E-state index is -0.411. The highest BCUT2D eigenvalue weighted by Crippen LogP contribution is 2.26. The summed E-state index contributed by atoms with van der Waals surface area (Å²) in [6.45, 7) is 10.6. The Kier molecular flexibility index (Phi) is 6.64. The third kappa shape index (κ3) is 4.26. The first-order valence-corrected chi connectivity index (χ1v) is 11.8. The molecule has 4 rings (SSSR count). The van der Waals surface area contributed by atoms with Gasteiger partial charge in [-0.2, -0.15) is 0 Å². The minimum absolute atomic E-state index is 0.0542. The first-order valence-electron chi connectivity index (χ1n) is 11.8. The summed E-state index contributed by atoms with van der Waals surface area (Å²) >= 11 is 0. The van der Waals surface area contributed by atoms with Crippen molar-refractivity contribution in [1.29, 1.82) is 0 Å². The summed E-state index contributed by atoms with van der Waals surface area (Å²) in [6, 6.07) is 20.6. The lowest BCUT2D eigenvalue weighted by Gasteiger charge is -2.31. The van der Waals surface area contributed by atoms with Gasteiger partial charge in [0, 0.05) is 12.1 Å². The average molecular weight is 454 g/mol. The molecular weight excluding hydrogens is 422 g/mol. The second kappa shape index (κ2) is 9.64. The zero-order valence-corrected chi connectivity index (χ0v) is 20.5. The number of hydrogen-bond donors (Lipinski definition) is 0. The summed E-state index contributed by atoms with van der Waals surface area (Å²) in [4.78, 5) is 34.2. The van der Waals surface area contributed by atoms with Gasteiger partial charge in [-0.25, -0.2) is 4.98 Å². The molecule has 1 amide bonds. The molecule has 1 unspecified atom stereocenters. The van der Waals surface area contributed by atoms with Gasteiger partial charge < -0.3 is 4.90 Å². The number of carbonyl (C=O) groups excluding carboxylic acids is 1. The highest BCUT2D eigenvalue weighted by Gasteiger charge is 2.27. The lowest BCUT2D eigenvalue weighted by atomic mass is 10.1. The van der Waals surface area contributed by atoms with Gasteiger partial charge in [0.25, 0.3) is 11.5 Å². The Morgan fingerprint density at radius 2 is 1.65 bits per heavy atom. The first kappa shape index (κ1) is 23.4. The van der Waals surface area contributed by atoms with Crippen LogP contribution in [-0.4, -0.2) is 26.9 Å². The molecular formula is C29H31N3O2. The Hall–Kier alpha value is -3.73. The zero-order valence-electron chi connectivity index (χ0n) is 20.5. The van der Waals surface area contributed by atoms with Crippen LogP contribution in [0.1, 0.15) is 59.2 Å². The van der Waals surface area contributed by atoms with Crippen LogP contribution < -0.4 is 5.56 Å². The van der Waals surface area contributed by atoms with Gasteiger partial charge in [-0.15, -0.1) is 0 Å². The summed E-state index contributed by atoms with van der Waals surface area (Å²) in [5.74, 6) is 0.504. The van der Waals surface area contributed by atoms with Gasteiger partial charge in [0.15, 0.2) is 0 Å². The molecule has 5 heteroatoms. The largest absolute Gasteiger partial charge is 0.329 e. The molecule has 1 aromatic heterocycles. The first-order chi connectivity index (χ1) is 16.3. The molecule has 1 heterocycles. The maximum atomic E-state index is 13.7. The van der Waals surface area contributed by atoms with E-state index in [1.54, 1.807) is 10.6 Å². The molecule has 0 radical (unpaired) electrons. The molecule has 0 aliphatic rings. The average Bonchev–Trinajstić information content (AvgIpc) is 2.84. The molecule has 4 aromatic rings. The van der Waals surface area contributed by atoms with E-state index in [9.17, 15) is 9.59 Å². The lowest BCUT2D eigenvalue weighted by Crippen LogP contribution is -2.38. The van der Waals surface area contributed by atoms with E-state index in [4.69, 9.17) is 4.98 Å². The van der Waals surface area contributed by atoms with Crippen molar-refractivity contribution in [2.24, 2.45) is 0 Å². The van der Waals surface area contributed by atoms with Crippen LogP contribution in [0.3, 0.4) is 0 Å². The quantitative estimate of drug-likeness (QED) is 0.364. The van der Waals surface area contributed by atoms with E-state index in [-0.39, 0.29) is 11.5 Å². The molecule has 0 bridgehead atoms. The highest BCUT2D eigenvalue weighted by atomic mass is 16.2. The van der Waals surface area contributed by atoms with E-state index in [1.807, 2.05) is 93.3 Å². The number of amides is 1. The van der Waals surface area contributed by atoms with Gasteiger partial charge in [-0.3, -0.25) is 14.2 Å². The van der Waals surface area contributed by atoms with Crippen molar-refractivity contribution in [3.63, 3.8) is 0 Å². The van der Waals surface area contributed by atoms with Crippen molar-refractivity contribution >= 4 is 16.8 Å². The number of aryl methyl sites for hydroxylation is 3. The second-order valence-electron chi connectivity index (χ2n) is 8.89. The second-order valence-corrected chi connectivity index (χ2v) is 8.89. The molecule has 1 atom stereocenters. The van der Waals surface area contributed by atoms with Crippen LogP contribution >= 0.6 is 0 Å². The fourth-order valence-corrected chi connectivity index (χ4v) is 4.36. The minimum Gasteiger partial charge on any atom is -0.329 e. The third-order valence-electron chi connectivity index (χ3n) is 6.49. The van der Waals surface area contributed by atoms with Crippen LogP contribution in [0.15, 0.2) is 71.5 Å². The van der Waals surface area contributed by atoms with Crippen molar-refractivity contribution in [2.45, 2.75) is 47.1 Å². The normalized spacial score (nSPS) is 12.0. The maximum absolute atomic E-state index is 13.7. The molecule has 3 aromatic carbocycles. The van der Waals surface area contributed by atoms with Crippen molar-refractivity contribution in [3.05, 3.63) is 105 Å². The van der Waals surface area contributed by atoms with Crippen LogP contribution in [-0.2, 0) is 0 Å². The molecule has 0 spiro atoms. The molecule has 0 saturated carbocycles. The maximum Gasteiger partial charge on any atom is 0.266 e. The summed E-state index contributed by atoms with van der Waals surface area (Å²) in [5.41, 5.74) is 5.11. The Bertz CT molecular complexity index is 1420. The zero-order chi connectivity index (χ0) is 24.4. The molecule has 0 saturated heterocycles. The van der Waals surface area contributed by atoms with E-state index in [0.717, 1.165) is 28.8 Å². The number of benzene rings is 3. The Labute approximate surface area is 200 Å². The Morgan fingerprint density at radius 3 is 2.35 bits per heavy atom. The molecule has 0 fully saturated rings. The van der Waals surface area contributed by atoms with Crippen LogP contribution in [0.5, 0.6) is 0 Å². The monoisotopic (exact) mass is 453 g/mol. The topological polar surface area (TPSA) is 55.2 Å². The molecule has 0 aliphatic carbocycles. The number of hydrogen-bond acceptors (Lipinski definition) is 3. The van der Waals surface area contributed by atoms with Gasteiger partial charge >= 0.3 is 0 Å². The van der Waals surface area contributed by atoms with Gasteiger partial charge in [0.2, 0.25) is 0 Å². The summed E-state index contributed by atoms with van der Waals surface area (Å²) in [6.07, 6.45) is 0.795. The van der Waals surface area contributed by atoms with Gasteiger partial charge in [-0.05, 0) is 81.1 Å². The number of para-hydroxylation sites is 1. The van der Waals surface area contributed by atoms with Gasteiger partial charge in [0.05, 0.1) is 22.6 Å².